The quantitative estimate of drug-likeness (QED) is 0.803. The van der Waals surface area contributed by atoms with E-state index in [1.54, 1.807) is 6.07 Å². The highest BCUT2D eigenvalue weighted by molar-refractivity contribution is 5.32. The summed E-state index contributed by atoms with van der Waals surface area (Å²) in [6.07, 6.45) is -0.109. The molecule has 112 valence electrons. The molecular weight excluding hydrogens is 277 g/mol. The largest absolute Gasteiger partial charge is 0.416 e. The Hall–Kier alpha value is -1.78. The van der Waals surface area contributed by atoms with Gasteiger partial charge in [0.1, 0.15) is 5.82 Å². The molecule has 21 heavy (non-hydrogen) atoms. The van der Waals surface area contributed by atoms with Crippen LogP contribution in [-0.2, 0) is 19.1 Å². The summed E-state index contributed by atoms with van der Waals surface area (Å²) in [6, 6.07) is 5.75. The third-order valence-electron chi connectivity index (χ3n) is 4.16. The van der Waals surface area contributed by atoms with Gasteiger partial charge in [-0.05, 0) is 30.4 Å². The molecule has 1 aliphatic heterocycles. The minimum Gasteiger partial charge on any atom is -0.332 e. The second-order valence-electron chi connectivity index (χ2n) is 5.63. The summed E-state index contributed by atoms with van der Waals surface area (Å²) in [5.41, 5.74) is 0.864. The summed E-state index contributed by atoms with van der Waals surface area (Å²) in [7, 11) is 0. The van der Waals surface area contributed by atoms with Crippen molar-refractivity contribution in [1.29, 1.82) is 0 Å². The summed E-state index contributed by atoms with van der Waals surface area (Å²) in [4.78, 5) is 4.36. The fourth-order valence-corrected chi connectivity index (χ4v) is 3.05. The van der Waals surface area contributed by atoms with Crippen LogP contribution in [0.5, 0.6) is 0 Å². The first-order valence-electron chi connectivity index (χ1n) is 7.16. The molecule has 2 heterocycles. The Morgan fingerprint density at radius 3 is 2.81 bits per heavy atom. The van der Waals surface area contributed by atoms with Crippen molar-refractivity contribution in [1.82, 2.24) is 9.55 Å². The summed E-state index contributed by atoms with van der Waals surface area (Å²) >= 11 is 0. The number of rotatable bonds is 2. The van der Waals surface area contributed by atoms with E-state index < -0.39 is 11.7 Å². The Balaban J connectivity index is 1.95. The normalized spacial score (nSPS) is 18.6. The maximum absolute atomic E-state index is 13.1. The van der Waals surface area contributed by atoms with Gasteiger partial charge in [0.15, 0.2) is 0 Å². The number of hydrogen-bond acceptors (Lipinski definition) is 1. The zero-order valence-corrected chi connectivity index (χ0v) is 11.8. The van der Waals surface area contributed by atoms with Gasteiger partial charge in [-0.3, -0.25) is 0 Å². The molecule has 5 heteroatoms. The Bertz CT molecular complexity index is 643. The van der Waals surface area contributed by atoms with Gasteiger partial charge in [0.05, 0.1) is 5.56 Å². The Kier molecular flexibility index (Phi) is 3.51. The topological polar surface area (TPSA) is 17.8 Å². The molecule has 0 radical (unpaired) electrons. The molecule has 2 aromatic rings. The van der Waals surface area contributed by atoms with Gasteiger partial charge in [-0.2, -0.15) is 13.2 Å². The van der Waals surface area contributed by atoms with Crippen molar-refractivity contribution in [3.05, 3.63) is 53.1 Å². The van der Waals surface area contributed by atoms with Crippen molar-refractivity contribution in [2.45, 2.75) is 44.8 Å². The van der Waals surface area contributed by atoms with E-state index in [9.17, 15) is 13.2 Å². The third kappa shape index (κ3) is 2.69. The van der Waals surface area contributed by atoms with Gasteiger partial charge < -0.3 is 4.57 Å². The Morgan fingerprint density at radius 1 is 1.29 bits per heavy atom. The average molecular weight is 294 g/mol. The lowest BCUT2D eigenvalue weighted by atomic mass is 9.98. The summed E-state index contributed by atoms with van der Waals surface area (Å²) in [5, 5.41) is 0. The highest BCUT2D eigenvalue weighted by Gasteiger charge is 2.33. The van der Waals surface area contributed by atoms with Crippen LogP contribution in [0.2, 0.25) is 0 Å². The molecule has 1 unspecified atom stereocenters. The van der Waals surface area contributed by atoms with E-state index in [2.05, 4.69) is 16.5 Å². The molecule has 1 aliphatic rings. The predicted octanol–water partition coefficient (Wildman–Crippen LogP) is 4.39. The zero-order chi connectivity index (χ0) is 15.0. The van der Waals surface area contributed by atoms with Crippen molar-refractivity contribution < 1.29 is 13.2 Å². The maximum atomic E-state index is 13.1. The number of alkyl halides is 3. The van der Waals surface area contributed by atoms with E-state index in [1.807, 2.05) is 6.20 Å². The van der Waals surface area contributed by atoms with Gasteiger partial charge in [0.25, 0.3) is 0 Å². The van der Waals surface area contributed by atoms with Crippen molar-refractivity contribution in [3.8, 4) is 0 Å². The van der Waals surface area contributed by atoms with Gasteiger partial charge in [-0.25, -0.2) is 4.98 Å². The first-order valence-corrected chi connectivity index (χ1v) is 7.16. The summed E-state index contributed by atoms with van der Waals surface area (Å²) < 4.78 is 41.2. The van der Waals surface area contributed by atoms with E-state index in [-0.39, 0.29) is 12.0 Å². The maximum Gasteiger partial charge on any atom is 0.416 e. The molecular formula is C16H17F3N2. The van der Waals surface area contributed by atoms with Crippen LogP contribution in [0, 0.1) is 0 Å². The lowest BCUT2D eigenvalue weighted by molar-refractivity contribution is -0.138. The standard InChI is InChI=1S/C16H17F3N2/c1-11-5-4-8-21-14(11)10-20-15(21)9-12-6-2-3-7-13(12)16(17,18)19/h2-3,6-7,10-11H,4-5,8-9H2,1H3. The molecule has 0 N–H and O–H groups in total. The predicted molar refractivity (Wildman–Crippen MR) is 74.1 cm³/mol. The van der Waals surface area contributed by atoms with E-state index in [0.717, 1.165) is 37.0 Å². The molecule has 0 saturated carbocycles. The van der Waals surface area contributed by atoms with Crippen LogP contribution in [0.15, 0.2) is 30.5 Å². The number of nitrogens with zero attached hydrogens (tertiary/aromatic N) is 2. The van der Waals surface area contributed by atoms with Crippen molar-refractivity contribution >= 4 is 0 Å². The zero-order valence-electron chi connectivity index (χ0n) is 11.8. The molecule has 0 saturated heterocycles. The highest BCUT2D eigenvalue weighted by atomic mass is 19.4. The van der Waals surface area contributed by atoms with Crippen LogP contribution in [-0.4, -0.2) is 9.55 Å². The van der Waals surface area contributed by atoms with Crippen LogP contribution in [0.3, 0.4) is 0 Å². The van der Waals surface area contributed by atoms with Gasteiger partial charge in [-0.1, -0.05) is 25.1 Å². The summed E-state index contributed by atoms with van der Waals surface area (Å²) in [6.45, 7) is 2.99. The molecule has 0 spiro atoms. The molecule has 1 aromatic heterocycles. The van der Waals surface area contributed by atoms with Gasteiger partial charge >= 0.3 is 6.18 Å². The van der Waals surface area contributed by atoms with Crippen LogP contribution in [0.25, 0.3) is 0 Å². The van der Waals surface area contributed by atoms with Crippen molar-refractivity contribution in [2.75, 3.05) is 0 Å². The second-order valence-corrected chi connectivity index (χ2v) is 5.63. The minimum absolute atomic E-state index is 0.225. The van der Waals surface area contributed by atoms with Gasteiger partial charge in [0, 0.05) is 24.9 Å². The van der Waals surface area contributed by atoms with E-state index in [1.165, 1.54) is 12.1 Å². The minimum atomic E-state index is -4.32. The third-order valence-corrected chi connectivity index (χ3v) is 4.16. The first-order chi connectivity index (χ1) is 9.97. The Labute approximate surface area is 121 Å². The van der Waals surface area contributed by atoms with Crippen LogP contribution >= 0.6 is 0 Å². The fraction of sp³-hybridized carbons (Fsp3) is 0.438. The first kappa shape index (κ1) is 14.2. The van der Waals surface area contributed by atoms with Crippen molar-refractivity contribution in [3.63, 3.8) is 0 Å². The molecule has 0 bridgehead atoms. The summed E-state index contributed by atoms with van der Waals surface area (Å²) in [5.74, 6) is 1.16. The van der Waals surface area contributed by atoms with Crippen LogP contribution in [0.1, 0.15) is 48.3 Å². The van der Waals surface area contributed by atoms with E-state index >= 15 is 0 Å². The lowest BCUT2D eigenvalue weighted by Gasteiger charge is -2.22. The van der Waals surface area contributed by atoms with Gasteiger partial charge in [-0.15, -0.1) is 0 Å². The highest BCUT2D eigenvalue weighted by Crippen LogP contribution is 2.34. The molecule has 3 rings (SSSR count). The molecule has 0 aliphatic carbocycles. The van der Waals surface area contributed by atoms with E-state index in [0.29, 0.717) is 5.92 Å². The fourth-order valence-electron chi connectivity index (χ4n) is 3.05. The molecule has 1 aromatic carbocycles. The molecule has 0 amide bonds. The lowest BCUT2D eigenvalue weighted by Crippen LogP contribution is -2.16. The molecule has 2 nitrogen and oxygen atoms in total. The van der Waals surface area contributed by atoms with E-state index in [4.69, 9.17) is 0 Å². The van der Waals surface area contributed by atoms with Crippen molar-refractivity contribution in [2.24, 2.45) is 0 Å². The number of imidazole rings is 1. The Morgan fingerprint density at radius 2 is 2.05 bits per heavy atom. The monoisotopic (exact) mass is 294 g/mol. The number of halogens is 3. The number of aromatic nitrogens is 2. The smallest absolute Gasteiger partial charge is 0.332 e. The van der Waals surface area contributed by atoms with Crippen LogP contribution < -0.4 is 0 Å². The number of benzene rings is 1. The average Bonchev–Trinajstić information content (AvgIpc) is 2.83. The SMILES string of the molecule is CC1CCCn2c1cnc2Cc1ccccc1C(F)(F)F. The number of hydrogen-bond donors (Lipinski definition) is 0. The van der Waals surface area contributed by atoms with Gasteiger partial charge in [0.2, 0.25) is 0 Å². The molecule has 0 fully saturated rings. The molecule has 1 atom stereocenters. The second kappa shape index (κ2) is 5.20. The van der Waals surface area contributed by atoms with Crippen LogP contribution in [0.4, 0.5) is 13.2 Å². The number of fused-ring (bicyclic) bond motifs is 1.